The average Bonchev–Trinajstić information content (AvgIpc) is 1.68. The smallest absolute Gasteiger partial charge is 0.264 e. The van der Waals surface area contributed by atoms with Gasteiger partial charge in [0.25, 0.3) is 6.71 Å². The number of thiophene rings is 1. The molecule has 1 unspecified atom stereocenters. The molecule has 8 aromatic carbocycles. The Morgan fingerprint density at radius 3 is 1.63 bits per heavy atom. The first-order chi connectivity index (χ1) is 41.0. The van der Waals surface area contributed by atoms with Crippen LogP contribution in [-0.4, -0.2) is 6.71 Å². The highest BCUT2D eigenvalue weighted by Gasteiger charge is 2.51. The van der Waals surface area contributed by atoms with Crippen LogP contribution in [0, 0.1) is 0 Å². The van der Waals surface area contributed by atoms with Crippen molar-refractivity contribution in [2.75, 3.05) is 14.7 Å². The fourth-order valence-corrected chi connectivity index (χ4v) is 19.0. The largest absolute Gasteiger partial charge is 0.456 e. The molecule has 19 rings (SSSR count). The van der Waals surface area contributed by atoms with Gasteiger partial charge in [0.1, 0.15) is 11.2 Å². The lowest BCUT2D eigenvalue weighted by Crippen LogP contribution is -2.61. The van der Waals surface area contributed by atoms with Gasteiger partial charge in [0.15, 0.2) is 0 Å². The highest BCUT2D eigenvalue weighted by molar-refractivity contribution is 7.33. The van der Waals surface area contributed by atoms with Crippen LogP contribution in [0.4, 0.5) is 51.2 Å². The second-order valence-electron chi connectivity index (χ2n) is 32.9. The van der Waals surface area contributed by atoms with Gasteiger partial charge in [0.05, 0.1) is 22.4 Å². The Labute approximate surface area is 522 Å². The molecule has 0 N–H and O–H groups in total. The number of fused-ring (bicyclic) bond motifs is 11. The molecular formula is C81H86BN3OS. The van der Waals surface area contributed by atoms with Gasteiger partial charge < -0.3 is 19.1 Å². The van der Waals surface area contributed by atoms with E-state index in [1.54, 1.807) is 0 Å². The number of hydrogen-bond donors (Lipinski definition) is 0. The van der Waals surface area contributed by atoms with E-state index in [1.165, 1.54) is 105 Å². The summed E-state index contributed by atoms with van der Waals surface area (Å²) in [6.07, 6.45) is 7.95. The third kappa shape index (κ3) is 7.99. The molecule has 6 aliphatic heterocycles. The van der Waals surface area contributed by atoms with Crippen LogP contribution in [0.5, 0.6) is 0 Å². The topological polar surface area (TPSA) is 22.9 Å². The Hall–Kier alpha value is -7.02. The van der Waals surface area contributed by atoms with Crippen molar-refractivity contribution in [1.82, 2.24) is 0 Å². The van der Waals surface area contributed by atoms with Crippen molar-refractivity contribution in [3.05, 3.63) is 190 Å². The number of hydrogen-bond acceptors (Lipinski definition) is 5. The summed E-state index contributed by atoms with van der Waals surface area (Å²) in [7, 11) is 0. The standard InChI is InChI=1S/C81H86BN3OS/c1-74(2,3)48-24-28-50(29-25-48)83-51-30-26-49(27-31-51)80(14,15)47-81(16)39-38-79(12,13)57-40-52(32-33-56(57)81)84-64-45-60-59(76(6,7)35-36-77(60,8)9)44-62(64)82-71-65(84)41-53(83)42-66(71)85(63-21-19-23-68-70(63)54-20-17-18-22-67(54)86-68)72-55-43-58-61(46-69(55)87-73(72)82)78(10,11)37-34-75(58,4)5/h17-33,40-46H,34-39,47H2,1-16H3. The second kappa shape index (κ2) is 17.9. The number of anilines is 9. The average molecular weight is 1160 g/mol. The molecule has 3 aliphatic carbocycles. The molecule has 0 radical (unpaired) electrons. The SMILES string of the molecule is CC(C)(C)c1ccc(N2c3ccc(cc3)C(C)(C)CC3(C)CCC(C)(C)c4cc(ccc43)N3c4cc5c(cc4B4c6sc7cc8c(cc7c6N(c6cccc7oc9ccccc9c67)c6cc2cc3c64)C(C)(C)CCC8(C)C)C(C)(C)CCC5(C)C)cc1. The Kier molecular flexibility index (Phi) is 11.4. The summed E-state index contributed by atoms with van der Waals surface area (Å²) >= 11 is 2.06. The van der Waals surface area contributed by atoms with E-state index >= 15 is 0 Å². The maximum absolute atomic E-state index is 6.92. The molecule has 9 aliphatic rings. The van der Waals surface area contributed by atoms with Crippen LogP contribution in [0.15, 0.2) is 150 Å². The maximum atomic E-state index is 6.92. The molecule has 0 amide bonds. The number of furan rings is 1. The first-order valence-corrected chi connectivity index (χ1v) is 33.5. The zero-order valence-electron chi connectivity index (χ0n) is 54.5. The second-order valence-corrected chi connectivity index (χ2v) is 33.9. The van der Waals surface area contributed by atoms with Crippen LogP contribution in [0.3, 0.4) is 0 Å². The van der Waals surface area contributed by atoms with Crippen molar-refractivity contribution in [1.29, 1.82) is 0 Å². The summed E-state index contributed by atoms with van der Waals surface area (Å²) in [4.78, 5) is 8.08. The highest BCUT2D eigenvalue weighted by Crippen LogP contribution is 2.59. The molecule has 440 valence electrons. The third-order valence-corrected chi connectivity index (χ3v) is 24.4. The summed E-state index contributed by atoms with van der Waals surface area (Å²) in [5.74, 6) is 0. The fraction of sp³-hybridized carbons (Fsp3) is 0.383. The van der Waals surface area contributed by atoms with Crippen molar-refractivity contribution >= 4 is 117 Å². The lowest BCUT2D eigenvalue weighted by atomic mass is 9.35. The van der Waals surface area contributed by atoms with E-state index in [0.717, 1.165) is 83.2 Å². The van der Waals surface area contributed by atoms with Crippen LogP contribution in [0.2, 0.25) is 0 Å². The summed E-state index contributed by atoms with van der Waals surface area (Å²) in [6.45, 7) is 39.6. The number of para-hydroxylation sites is 1. The van der Waals surface area contributed by atoms with E-state index < -0.39 is 0 Å². The van der Waals surface area contributed by atoms with Crippen LogP contribution in [-0.2, 0) is 43.3 Å². The van der Waals surface area contributed by atoms with Gasteiger partial charge in [0.2, 0.25) is 0 Å². The van der Waals surface area contributed by atoms with Crippen LogP contribution in [0.25, 0.3) is 32.0 Å². The zero-order chi connectivity index (χ0) is 60.7. The Morgan fingerprint density at radius 1 is 0.425 bits per heavy atom. The van der Waals surface area contributed by atoms with Gasteiger partial charge in [-0.1, -0.05) is 171 Å². The van der Waals surface area contributed by atoms with Crippen molar-refractivity contribution in [2.45, 2.75) is 199 Å². The Morgan fingerprint density at radius 2 is 0.977 bits per heavy atom. The molecule has 10 aromatic rings. The first-order valence-electron chi connectivity index (χ1n) is 32.7. The predicted molar refractivity (Wildman–Crippen MR) is 374 cm³/mol. The molecule has 0 fully saturated rings. The van der Waals surface area contributed by atoms with Gasteiger partial charge in [-0.15, -0.1) is 11.3 Å². The summed E-state index contributed by atoms with van der Waals surface area (Å²) in [6, 6.07) is 58.5. The van der Waals surface area contributed by atoms with E-state index in [4.69, 9.17) is 4.42 Å². The zero-order valence-corrected chi connectivity index (χ0v) is 55.4. The number of nitrogens with zero attached hydrogens (tertiary/aromatic N) is 3. The summed E-state index contributed by atoms with van der Waals surface area (Å²) in [5.41, 5.74) is 27.0. The lowest BCUT2D eigenvalue weighted by Gasteiger charge is -2.49. The molecule has 2 aromatic heterocycles. The van der Waals surface area contributed by atoms with E-state index in [-0.39, 0.29) is 50.0 Å². The molecule has 87 heavy (non-hydrogen) atoms. The third-order valence-electron chi connectivity index (χ3n) is 23.1. The first kappa shape index (κ1) is 55.3. The molecular weight excluding hydrogens is 1070 g/mol. The predicted octanol–water partition coefficient (Wildman–Crippen LogP) is 21.4. The molecule has 0 saturated carbocycles. The van der Waals surface area contributed by atoms with Gasteiger partial charge in [0, 0.05) is 54.4 Å². The Balaban J connectivity index is 1.11. The van der Waals surface area contributed by atoms with E-state index in [2.05, 4.69) is 282 Å². The van der Waals surface area contributed by atoms with Gasteiger partial charge in [-0.2, -0.15) is 0 Å². The van der Waals surface area contributed by atoms with Crippen molar-refractivity contribution in [3.63, 3.8) is 0 Å². The van der Waals surface area contributed by atoms with Crippen LogP contribution < -0.4 is 30.4 Å². The minimum atomic E-state index is -0.0928. The maximum Gasteiger partial charge on any atom is 0.264 e. The van der Waals surface area contributed by atoms with E-state index in [9.17, 15) is 0 Å². The van der Waals surface area contributed by atoms with Crippen molar-refractivity contribution in [3.8, 4) is 0 Å². The van der Waals surface area contributed by atoms with E-state index in [1.807, 2.05) is 0 Å². The fourth-order valence-electron chi connectivity index (χ4n) is 17.7. The normalized spacial score (nSPS) is 21.3. The molecule has 0 saturated heterocycles. The molecule has 1 atom stereocenters. The molecule has 8 bridgehead atoms. The lowest BCUT2D eigenvalue weighted by molar-refractivity contribution is 0.251. The highest BCUT2D eigenvalue weighted by atomic mass is 32.1. The van der Waals surface area contributed by atoms with Gasteiger partial charge in [-0.25, -0.2) is 0 Å². The monoisotopic (exact) mass is 1160 g/mol. The van der Waals surface area contributed by atoms with Crippen LogP contribution >= 0.6 is 11.3 Å². The van der Waals surface area contributed by atoms with Crippen molar-refractivity contribution in [2.24, 2.45) is 0 Å². The molecule has 4 nitrogen and oxygen atoms in total. The van der Waals surface area contributed by atoms with Gasteiger partial charge >= 0.3 is 0 Å². The van der Waals surface area contributed by atoms with Crippen molar-refractivity contribution < 1.29 is 4.42 Å². The minimum Gasteiger partial charge on any atom is -0.456 e. The quantitative estimate of drug-likeness (QED) is 0.161. The Bertz CT molecular complexity index is 4580. The molecule has 0 spiro atoms. The molecule has 8 heterocycles. The number of rotatable bonds is 2. The van der Waals surface area contributed by atoms with E-state index in [0.29, 0.717) is 0 Å². The summed E-state index contributed by atoms with van der Waals surface area (Å²) < 4.78 is 9.70. The minimum absolute atomic E-state index is 0.00645. The van der Waals surface area contributed by atoms with Gasteiger partial charge in [-0.05, 0) is 229 Å². The van der Waals surface area contributed by atoms with Crippen LogP contribution in [0.1, 0.15) is 200 Å². The van der Waals surface area contributed by atoms with Gasteiger partial charge in [-0.3, -0.25) is 0 Å². The summed E-state index contributed by atoms with van der Waals surface area (Å²) in [5, 5.41) is 3.62. The number of benzene rings is 8. The molecule has 6 heteroatoms.